The minimum atomic E-state index is -1.30. The number of carbonyl (C=O) groups is 4. The summed E-state index contributed by atoms with van der Waals surface area (Å²) in [4.78, 5) is 62.5. The van der Waals surface area contributed by atoms with Crippen molar-refractivity contribution in [3.05, 3.63) is 84.1 Å². The molecule has 9 N–H and O–H groups in total. The number of hydrogen-bond donors (Lipinski definition) is 8. The van der Waals surface area contributed by atoms with E-state index < -0.39 is 47.9 Å². The van der Waals surface area contributed by atoms with Crippen LogP contribution < -0.4 is 21.7 Å². The first kappa shape index (κ1) is 32.7. The van der Waals surface area contributed by atoms with Crippen molar-refractivity contribution in [2.75, 3.05) is 0 Å². The number of hydrogen-bond acceptors (Lipinski definition) is 7. The van der Waals surface area contributed by atoms with Gasteiger partial charge in [0.2, 0.25) is 17.7 Å². The standard InChI is InChI=1S/C32H39N7O6/c1-18(2)11-24(33)29(41)37-27(14-21-16-34-17-36-21)31(43)38-26(12-19-7-9-22(40)10-8-19)30(42)39-28(32(44)45)13-20-15-35-25-6-4-3-5-23(20)25/h3-10,15-18,24,26-28,35,40H,11-14,33H2,1-2H3,(H,34,36)(H,37,41)(H,38,43)(H,39,42)(H,44,45). The number of carboxylic acids is 1. The summed E-state index contributed by atoms with van der Waals surface area (Å²) < 4.78 is 0. The molecule has 238 valence electrons. The van der Waals surface area contributed by atoms with Gasteiger partial charge in [-0.25, -0.2) is 9.78 Å². The summed E-state index contributed by atoms with van der Waals surface area (Å²) in [6, 6.07) is 9.01. The first-order valence-corrected chi connectivity index (χ1v) is 14.7. The zero-order valence-electron chi connectivity index (χ0n) is 25.1. The molecule has 0 saturated carbocycles. The van der Waals surface area contributed by atoms with Crippen LogP contribution >= 0.6 is 0 Å². The first-order chi connectivity index (χ1) is 21.5. The quantitative estimate of drug-likeness (QED) is 0.0977. The molecular weight excluding hydrogens is 578 g/mol. The Labute approximate surface area is 260 Å². The number of benzene rings is 2. The van der Waals surface area contributed by atoms with E-state index in [0.717, 1.165) is 10.9 Å². The van der Waals surface area contributed by atoms with Crippen LogP contribution in [0.25, 0.3) is 10.9 Å². The zero-order chi connectivity index (χ0) is 32.5. The predicted octanol–water partition coefficient (Wildman–Crippen LogP) is 1.54. The van der Waals surface area contributed by atoms with Crippen LogP contribution in [0.3, 0.4) is 0 Å². The monoisotopic (exact) mass is 617 g/mol. The summed E-state index contributed by atoms with van der Waals surface area (Å²) in [5, 5.41) is 28.6. The number of aromatic hydroxyl groups is 1. The fourth-order valence-electron chi connectivity index (χ4n) is 5.06. The third kappa shape index (κ3) is 9.16. The molecule has 2 aromatic heterocycles. The highest BCUT2D eigenvalue weighted by Gasteiger charge is 2.31. The molecule has 0 saturated heterocycles. The van der Waals surface area contributed by atoms with E-state index in [1.54, 1.807) is 18.3 Å². The number of H-pyrrole nitrogens is 2. The van der Waals surface area contributed by atoms with Crippen molar-refractivity contribution in [2.45, 2.75) is 63.7 Å². The summed E-state index contributed by atoms with van der Waals surface area (Å²) in [7, 11) is 0. The Hall–Kier alpha value is -5.17. The van der Waals surface area contributed by atoms with Crippen molar-refractivity contribution < 1.29 is 29.4 Å². The SMILES string of the molecule is CC(C)CC(N)C(=O)NC(Cc1cnc[nH]1)C(=O)NC(Cc1ccc(O)cc1)C(=O)NC(Cc1c[nH]c2ccccc12)C(=O)O. The van der Waals surface area contributed by atoms with Crippen molar-refractivity contribution in [3.8, 4) is 5.75 Å². The minimum Gasteiger partial charge on any atom is -0.508 e. The topological polar surface area (TPSA) is 215 Å². The van der Waals surface area contributed by atoms with Gasteiger partial charge in [0.1, 0.15) is 23.9 Å². The number of amides is 3. The lowest BCUT2D eigenvalue weighted by molar-refractivity contribution is -0.142. The second-order valence-corrected chi connectivity index (χ2v) is 11.5. The van der Waals surface area contributed by atoms with Gasteiger partial charge in [0.15, 0.2) is 0 Å². The smallest absolute Gasteiger partial charge is 0.326 e. The molecule has 13 nitrogen and oxygen atoms in total. The lowest BCUT2D eigenvalue weighted by atomic mass is 10.0. The predicted molar refractivity (Wildman–Crippen MR) is 167 cm³/mol. The average molecular weight is 618 g/mol. The number of aromatic amines is 2. The Morgan fingerprint density at radius 1 is 0.844 bits per heavy atom. The number of nitrogens with zero attached hydrogens (tertiary/aromatic N) is 1. The van der Waals surface area contributed by atoms with E-state index in [4.69, 9.17) is 5.73 Å². The van der Waals surface area contributed by atoms with Gasteiger partial charge in [-0.05, 0) is 41.7 Å². The van der Waals surface area contributed by atoms with E-state index in [1.165, 1.54) is 24.7 Å². The zero-order valence-corrected chi connectivity index (χ0v) is 25.1. The number of carbonyl (C=O) groups excluding carboxylic acids is 3. The molecule has 4 atom stereocenters. The van der Waals surface area contributed by atoms with Gasteiger partial charge in [0, 0.05) is 48.3 Å². The van der Waals surface area contributed by atoms with E-state index in [9.17, 15) is 29.4 Å². The van der Waals surface area contributed by atoms with Gasteiger partial charge in [-0.15, -0.1) is 0 Å². The highest BCUT2D eigenvalue weighted by molar-refractivity contribution is 5.94. The van der Waals surface area contributed by atoms with E-state index in [-0.39, 0.29) is 30.9 Å². The minimum absolute atomic E-state index is 0.00277. The number of aliphatic carboxylic acids is 1. The summed E-state index contributed by atoms with van der Waals surface area (Å²) in [6.07, 6.45) is 5.09. The van der Waals surface area contributed by atoms with Crippen molar-refractivity contribution in [1.82, 2.24) is 30.9 Å². The maximum atomic E-state index is 13.7. The molecule has 13 heteroatoms. The fourth-order valence-corrected chi connectivity index (χ4v) is 5.06. The number of nitrogens with two attached hydrogens (primary N) is 1. The molecule has 0 fully saturated rings. The molecule has 0 bridgehead atoms. The van der Waals surface area contributed by atoms with Crippen LogP contribution in [0.2, 0.25) is 0 Å². The molecule has 4 unspecified atom stereocenters. The van der Waals surface area contributed by atoms with E-state index in [0.29, 0.717) is 23.2 Å². The van der Waals surface area contributed by atoms with Crippen LogP contribution in [0.5, 0.6) is 5.75 Å². The summed E-state index contributed by atoms with van der Waals surface area (Å²) in [5.74, 6) is -2.99. The molecule has 0 radical (unpaired) electrons. The van der Waals surface area contributed by atoms with Crippen molar-refractivity contribution in [2.24, 2.45) is 11.7 Å². The van der Waals surface area contributed by atoms with Crippen molar-refractivity contribution in [3.63, 3.8) is 0 Å². The summed E-state index contributed by atoms with van der Waals surface area (Å²) >= 11 is 0. The van der Waals surface area contributed by atoms with Gasteiger partial charge in [-0.1, -0.05) is 44.2 Å². The van der Waals surface area contributed by atoms with Crippen molar-refractivity contribution >= 4 is 34.6 Å². The molecular formula is C32H39N7O6. The molecule has 2 heterocycles. The molecule has 0 aliphatic carbocycles. The van der Waals surface area contributed by atoms with Gasteiger partial charge in [0.05, 0.1) is 12.4 Å². The van der Waals surface area contributed by atoms with E-state index >= 15 is 0 Å². The van der Waals surface area contributed by atoms with Gasteiger partial charge >= 0.3 is 5.97 Å². The molecule has 2 aromatic carbocycles. The third-order valence-electron chi connectivity index (χ3n) is 7.40. The largest absolute Gasteiger partial charge is 0.508 e. The van der Waals surface area contributed by atoms with Gasteiger partial charge < -0.3 is 41.9 Å². The van der Waals surface area contributed by atoms with E-state index in [1.807, 2.05) is 38.1 Å². The number of fused-ring (bicyclic) bond motifs is 1. The van der Waals surface area contributed by atoms with E-state index in [2.05, 4.69) is 30.9 Å². The second kappa shape index (κ2) is 15.0. The molecule has 0 aliphatic rings. The number of rotatable bonds is 15. The molecule has 45 heavy (non-hydrogen) atoms. The third-order valence-corrected chi connectivity index (χ3v) is 7.40. The highest BCUT2D eigenvalue weighted by Crippen LogP contribution is 2.19. The number of phenolic OH excluding ortho intramolecular Hbond substituents is 1. The number of carboxylic acid groups (broad SMARTS) is 1. The maximum absolute atomic E-state index is 13.7. The first-order valence-electron chi connectivity index (χ1n) is 14.7. The Bertz CT molecular complexity index is 1600. The Morgan fingerprint density at radius 3 is 2.13 bits per heavy atom. The van der Waals surface area contributed by atoms with Gasteiger partial charge in [0.25, 0.3) is 0 Å². The van der Waals surface area contributed by atoms with Crippen LogP contribution in [-0.4, -0.2) is 73.0 Å². The molecule has 4 aromatic rings. The fraction of sp³-hybridized carbons (Fsp3) is 0.344. The van der Waals surface area contributed by atoms with Crippen LogP contribution in [0, 0.1) is 5.92 Å². The normalized spacial score (nSPS) is 14.0. The Kier molecular flexibility index (Phi) is 10.9. The maximum Gasteiger partial charge on any atom is 0.326 e. The van der Waals surface area contributed by atoms with Crippen molar-refractivity contribution in [1.29, 1.82) is 0 Å². The summed E-state index contributed by atoms with van der Waals surface area (Å²) in [6.45, 7) is 3.86. The van der Waals surface area contributed by atoms with Gasteiger partial charge in [-0.2, -0.15) is 0 Å². The van der Waals surface area contributed by atoms with Crippen LogP contribution in [-0.2, 0) is 38.4 Å². The lowest BCUT2D eigenvalue weighted by Gasteiger charge is -2.25. The van der Waals surface area contributed by atoms with Crippen LogP contribution in [0.1, 0.15) is 37.1 Å². The Balaban J connectivity index is 1.56. The molecule has 3 amide bonds. The summed E-state index contributed by atoms with van der Waals surface area (Å²) in [5.41, 5.74) is 8.78. The highest BCUT2D eigenvalue weighted by atomic mass is 16.4. The molecule has 0 spiro atoms. The number of aromatic nitrogens is 3. The molecule has 4 rings (SSSR count). The van der Waals surface area contributed by atoms with Crippen LogP contribution in [0.15, 0.2) is 67.3 Å². The number of phenols is 1. The Morgan fingerprint density at radius 2 is 1.49 bits per heavy atom. The average Bonchev–Trinajstić information content (AvgIpc) is 3.66. The van der Waals surface area contributed by atoms with Gasteiger partial charge in [-0.3, -0.25) is 14.4 Å². The second-order valence-electron chi connectivity index (χ2n) is 11.5. The number of nitrogens with one attached hydrogen (secondary N) is 5. The number of para-hydroxylation sites is 1. The number of imidazole rings is 1. The van der Waals surface area contributed by atoms with Crippen LogP contribution in [0.4, 0.5) is 0 Å². The molecule has 0 aliphatic heterocycles. The lowest BCUT2D eigenvalue weighted by Crippen LogP contribution is -2.58.